The molecule has 0 aliphatic carbocycles. The van der Waals surface area contributed by atoms with Gasteiger partial charge in [0.15, 0.2) is 5.96 Å². The Morgan fingerprint density at radius 2 is 1.96 bits per heavy atom. The molecule has 0 atom stereocenters. The summed E-state index contributed by atoms with van der Waals surface area (Å²) in [6, 6.07) is 7.06. The van der Waals surface area contributed by atoms with Crippen molar-refractivity contribution in [1.82, 2.24) is 10.6 Å². The maximum atomic E-state index is 12.2. The highest BCUT2D eigenvalue weighted by Gasteiger charge is 2.04. The maximum Gasteiger partial charge on any atom is 0.272 e. The van der Waals surface area contributed by atoms with Gasteiger partial charge in [-0.1, -0.05) is 26.0 Å². The molecule has 0 aliphatic rings. The van der Waals surface area contributed by atoms with Crippen LogP contribution in [-0.4, -0.2) is 45.3 Å². The highest BCUT2D eigenvalue weighted by Crippen LogP contribution is 2.14. The monoisotopic (exact) mass is 499 g/mol. The first-order valence-electron chi connectivity index (χ1n) is 9.11. The predicted octanol–water partition coefficient (Wildman–Crippen LogP) is 4.07. The van der Waals surface area contributed by atoms with Crippen LogP contribution in [0.4, 0.5) is 8.78 Å². The van der Waals surface area contributed by atoms with E-state index >= 15 is 0 Å². The molecule has 1 aromatic carbocycles. The molecule has 0 saturated heterocycles. The number of alkyl halides is 2. The zero-order valence-electron chi connectivity index (χ0n) is 16.3. The molecule has 1 aromatic rings. The lowest BCUT2D eigenvalue weighted by Gasteiger charge is -2.12. The number of aliphatic imine (C=N–C) groups is 1. The van der Waals surface area contributed by atoms with E-state index in [4.69, 9.17) is 9.47 Å². The zero-order valence-corrected chi connectivity index (χ0v) is 18.7. The van der Waals surface area contributed by atoms with Crippen molar-refractivity contribution in [2.45, 2.75) is 40.2 Å². The number of benzene rings is 1. The lowest BCUT2D eigenvalue weighted by atomic mass is 10.2. The first-order valence-corrected chi connectivity index (χ1v) is 9.11. The first-order chi connectivity index (χ1) is 12.5. The number of hydrogen-bond acceptors (Lipinski definition) is 3. The molecular weight excluding hydrogens is 467 g/mol. The van der Waals surface area contributed by atoms with Crippen LogP contribution in [0.5, 0.6) is 5.75 Å². The quantitative estimate of drug-likeness (QED) is 0.197. The van der Waals surface area contributed by atoms with Crippen molar-refractivity contribution in [3.8, 4) is 5.75 Å². The van der Waals surface area contributed by atoms with Crippen molar-refractivity contribution in [3.05, 3.63) is 29.8 Å². The Morgan fingerprint density at radius 3 is 2.63 bits per heavy atom. The van der Waals surface area contributed by atoms with Gasteiger partial charge in [0.1, 0.15) is 12.4 Å². The molecule has 0 bridgehead atoms. The average molecular weight is 499 g/mol. The summed E-state index contributed by atoms with van der Waals surface area (Å²) in [6.07, 6.45) is -1.58. The van der Waals surface area contributed by atoms with Crippen molar-refractivity contribution in [2.75, 3.05) is 32.9 Å². The van der Waals surface area contributed by atoms with E-state index in [-0.39, 0.29) is 24.0 Å². The van der Waals surface area contributed by atoms with Gasteiger partial charge in [-0.3, -0.25) is 0 Å². The minimum atomic E-state index is -2.48. The molecule has 8 heteroatoms. The minimum Gasteiger partial charge on any atom is -0.488 e. The van der Waals surface area contributed by atoms with E-state index < -0.39 is 13.0 Å². The fourth-order valence-electron chi connectivity index (χ4n) is 2.10. The summed E-state index contributed by atoms with van der Waals surface area (Å²) in [5, 5.41) is 6.45. The molecule has 0 radical (unpaired) electrons. The highest BCUT2D eigenvalue weighted by molar-refractivity contribution is 14.0. The summed E-state index contributed by atoms with van der Waals surface area (Å²) in [6.45, 7) is 9.10. The van der Waals surface area contributed by atoms with E-state index in [1.54, 1.807) is 18.2 Å². The van der Waals surface area contributed by atoms with E-state index in [9.17, 15) is 8.78 Å². The van der Waals surface area contributed by atoms with Gasteiger partial charge in [0, 0.05) is 26.3 Å². The van der Waals surface area contributed by atoms with Gasteiger partial charge in [0.05, 0.1) is 6.54 Å². The Kier molecular flexibility index (Phi) is 15.2. The Hall–Kier alpha value is -1.16. The van der Waals surface area contributed by atoms with Crippen molar-refractivity contribution in [1.29, 1.82) is 0 Å². The van der Waals surface area contributed by atoms with Crippen molar-refractivity contribution < 1.29 is 18.3 Å². The second-order valence-corrected chi connectivity index (χ2v) is 6.29. The molecule has 0 fully saturated rings. The summed E-state index contributed by atoms with van der Waals surface area (Å²) in [7, 11) is 0. The number of ether oxygens (including phenoxy) is 2. The Bertz CT molecular complexity index is 531. The molecule has 0 unspecified atom stereocenters. The van der Waals surface area contributed by atoms with Gasteiger partial charge in [-0.2, -0.15) is 0 Å². The van der Waals surface area contributed by atoms with E-state index in [0.717, 1.165) is 37.6 Å². The molecule has 2 N–H and O–H groups in total. The molecular formula is C19H32F2IN3O2. The molecule has 0 saturated carbocycles. The van der Waals surface area contributed by atoms with Gasteiger partial charge < -0.3 is 20.1 Å². The van der Waals surface area contributed by atoms with Crippen LogP contribution < -0.4 is 15.4 Å². The number of nitrogens with one attached hydrogen (secondary N) is 2. The van der Waals surface area contributed by atoms with Gasteiger partial charge in [0.2, 0.25) is 0 Å². The normalized spacial score (nSPS) is 11.4. The Morgan fingerprint density at radius 1 is 1.19 bits per heavy atom. The molecule has 27 heavy (non-hydrogen) atoms. The SMILES string of the molecule is CCNC(=NCc1cccc(OCC(F)F)c1)NCCCOCC(C)C.I. The number of guanidine groups is 1. The second-order valence-electron chi connectivity index (χ2n) is 6.29. The number of rotatable bonds is 12. The van der Waals surface area contributed by atoms with Crippen LogP contribution in [0, 0.1) is 5.92 Å². The maximum absolute atomic E-state index is 12.2. The molecule has 0 spiro atoms. The number of halogens is 3. The topological polar surface area (TPSA) is 54.9 Å². The van der Waals surface area contributed by atoms with Crippen molar-refractivity contribution in [3.63, 3.8) is 0 Å². The van der Waals surface area contributed by atoms with Gasteiger partial charge in [-0.15, -0.1) is 24.0 Å². The fourth-order valence-corrected chi connectivity index (χ4v) is 2.10. The summed E-state index contributed by atoms with van der Waals surface area (Å²) >= 11 is 0. The average Bonchev–Trinajstić information content (AvgIpc) is 2.60. The lowest BCUT2D eigenvalue weighted by Crippen LogP contribution is -2.38. The zero-order chi connectivity index (χ0) is 19.2. The fraction of sp³-hybridized carbons (Fsp3) is 0.632. The molecule has 0 amide bonds. The van der Waals surface area contributed by atoms with Crippen LogP contribution in [0.2, 0.25) is 0 Å². The van der Waals surface area contributed by atoms with Crippen molar-refractivity contribution >= 4 is 29.9 Å². The van der Waals surface area contributed by atoms with E-state index in [2.05, 4.69) is 29.5 Å². The standard InChI is InChI=1S/C19H31F2N3O2.HI/c1-4-22-19(23-9-6-10-25-13-15(2)3)24-12-16-7-5-8-17(11-16)26-14-18(20)21;/h5,7-8,11,15,18H,4,6,9-10,12-14H2,1-3H3,(H2,22,23,24);1H. The molecule has 5 nitrogen and oxygen atoms in total. The van der Waals surface area contributed by atoms with Gasteiger partial charge in [-0.05, 0) is 37.0 Å². The summed E-state index contributed by atoms with van der Waals surface area (Å²) in [4.78, 5) is 4.52. The van der Waals surface area contributed by atoms with Gasteiger partial charge >= 0.3 is 0 Å². The van der Waals surface area contributed by atoms with Crippen LogP contribution in [-0.2, 0) is 11.3 Å². The van der Waals surface area contributed by atoms with Crippen molar-refractivity contribution in [2.24, 2.45) is 10.9 Å². The van der Waals surface area contributed by atoms with E-state index in [0.29, 0.717) is 24.8 Å². The number of nitrogens with zero attached hydrogens (tertiary/aromatic N) is 1. The van der Waals surface area contributed by atoms with E-state index in [1.807, 2.05) is 13.0 Å². The predicted molar refractivity (Wildman–Crippen MR) is 116 cm³/mol. The van der Waals surface area contributed by atoms with Crippen LogP contribution >= 0.6 is 24.0 Å². The molecule has 0 heterocycles. The Balaban J connectivity index is 0.00000676. The second kappa shape index (κ2) is 15.9. The lowest BCUT2D eigenvalue weighted by molar-refractivity contribution is 0.0818. The van der Waals surface area contributed by atoms with Crippen LogP contribution in [0.3, 0.4) is 0 Å². The number of hydrogen-bond donors (Lipinski definition) is 2. The van der Waals surface area contributed by atoms with Crippen LogP contribution in [0.15, 0.2) is 29.3 Å². The highest BCUT2D eigenvalue weighted by atomic mass is 127. The van der Waals surface area contributed by atoms with Gasteiger partial charge in [-0.25, -0.2) is 13.8 Å². The third kappa shape index (κ3) is 13.6. The third-order valence-electron chi connectivity index (χ3n) is 3.25. The molecule has 0 aromatic heterocycles. The molecule has 0 aliphatic heterocycles. The van der Waals surface area contributed by atoms with E-state index in [1.165, 1.54) is 0 Å². The molecule has 1 rings (SSSR count). The summed E-state index contributed by atoms with van der Waals surface area (Å²) in [5.74, 6) is 1.69. The minimum absolute atomic E-state index is 0. The van der Waals surface area contributed by atoms with Crippen LogP contribution in [0.25, 0.3) is 0 Å². The third-order valence-corrected chi connectivity index (χ3v) is 3.25. The Labute approximate surface area is 178 Å². The summed E-state index contributed by atoms with van der Waals surface area (Å²) in [5.41, 5.74) is 0.897. The molecule has 156 valence electrons. The first kappa shape index (κ1) is 25.8. The largest absolute Gasteiger partial charge is 0.488 e. The van der Waals surface area contributed by atoms with Crippen LogP contribution in [0.1, 0.15) is 32.8 Å². The van der Waals surface area contributed by atoms with Gasteiger partial charge in [0.25, 0.3) is 6.43 Å². The smallest absolute Gasteiger partial charge is 0.272 e. The summed E-state index contributed by atoms with van der Waals surface area (Å²) < 4.78 is 35.0.